The first-order valence-corrected chi connectivity index (χ1v) is 8.97. The number of rotatable bonds is 7. The van der Waals surface area contributed by atoms with Crippen LogP contribution in [0.1, 0.15) is 23.6 Å². The van der Waals surface area contributed by atoms with Gasteiger partial charge in [0.15, 0.2) is 0 Å². The van der Waals surface area contributed by atoms with Gasteiger partial charge < -0.3 is 15.4 Å². The third kappa shape index (κ3) is 5.89. The molecular formula is C23H24N2O2. The summed E-state index contributed by atoms with van der Waals surface area (Å²) in [5.41, 5.74) is 5.33. The van der Waals surface area contributed by atoms with Crippen molar-refractivity contribution in [2.24, 2.45) is 0 Å². The molecule has 138 valence electrons. The standard InChI is InChI=1S/C23H24N2O2/c1-17-5-3-7-20(13-17)16-27-23-8-4-6-19(14-23)15-24-21-9-11-22(12-10-21)25-18(2)26/h3-14,24H,15-16H2,1-2H3,(H,25,26). The molecule has 1 amide bonds. The molecule has 4 heteroatoms. The van der Waals surface area contributed by atoms with Crippen molar-refractivity contribution < 1.29 is 9.53 Å². The molecule has 0 saturated carbocycles. The first kappa shape index (κ1) is 18.5. The minimum atomic E-state index is -0.0711. The molecule has 0 aromatic heterocycles. The van der Waals surface area contributed by atoms with Crippen LogP contribution in [0.3, 0.4) is 0 Å². The molecule has 0 atom stereocenters. The van der Waals surface area contributed by atoms with Crippen LogP contribution < -0.4 is 15.4 Å². The maximum absolute atomic E-state index is 11.1. The molecule has 0 unspecified atom stereocenters. The smallest absolute Gasteiger partial charge is 0.221 e. The van der Waals surface area contributed by atoms with Gasteiger partial charge in [-0.15, -0.1) is 0 Å². The minimum absolute atomic E-state index is 0.0711. The monoisotopic (exact) mass is 360 g/mol. The molecule has 0 spiro atoms. The Bertz CT molecular complexity index is 904. The zero-order valence-electron chi connectivity index (χ0n) is 15.7. The zero-order chi connectivity index (χ0) is 19.1. The number of hydrogen-bond donors (Lipinski definition) is 2. The number of hydrogen-bond acceptors (Lipinski definition) is 3. The van der Waals surface area contributed by atoms with E-state index in [4.69, 9.17) is 4.74 Å². The summed E-state index contributed by atoms with van der Waals surface area (Å²) >= 11 is 0. The van der Waals surface area contributed by atoms with Crippen LogP contribution in [-0.4, -0.2) is 5.91 Å². The number of amides is 1. The molecule has 3 aromatic carbocycles. The third-order valence-electron chi connectivity index (χ3n) is 4.09. The maximum Gasteiger partial charge on any atom is 0.221 e. The Kier molecular flexibility index (Phi) is 6.10. The van der Waals surface area contributed by atoms with Crippen LogP contribution in [0.15, 0.2) is 72.8 Å². The Balaban J connectivity index is 1.55. The van der Waals surface area contributed by atoms with Crippen LogP contribution >= 0.6 is 0 Å². The van der Waals surface area contributed by atoms with E-state index in [0.717, 1.165) is 28.3 Å². The Morgan fingerprint density at radius 2 is 1.59 bits per heavy atom. The molecule has 0 aliphatic carbocycles. The average molecular weight is 360 g/mol. The predicted octanol–water partition coefficient (Wildman–Crippen LogP) is 5.14. The molecule has 0 radical (unpaired) electrons. The predicted molar refractivity (Wildman–Crippen MR) is 110 cm³/mol. The summed E-state index contributed by atoms with van der Waals surface area (Å²) in [6, 6.07) is 24.1. The Morgan fingerprint density at radius 1 is 0.889 bits per heavy atom. The van der Waals surface area contributed by atoms with Gasteiger partial charge >= 0.3 is 0 Å². The molecule has 27 heavy (non-hydrogen) atoms. The number of aryl methyl sites for hydroxylation is 1. The van der Waals surface area contributed by atoms with Gasteiger partial charge in [-0.25, -0.2) is 0 Å². The normalized spacial score (nSPS) is 10.3. The fraction of sp³-hybridized carbons (Fsp3) is 0.174. The largest absolute Gasteiger partial charge is 0.489 e. The van der Waals surface area contributed by atoms with Gasteiger partial charge in [0.1, 0.15) is 12.4 Å². The highest BCUT2D eigenvalue weighted by atomic mass is 16.5. The van der Waals surface area contributed by atoms with E-state index in [1.807, 2.05) is 42.5 Å². The van der Waals surface area contributed by atoms with Crippen molar-refractivity contribution in [3.8, 4) is 5.75 Å². The summed E-state index contributed by atoms with van der Waals surface area (Å²) in [5, 5.41) is 6.14. The summed E-state index contributed by atoms with van der Waals surface area (Å²) < 4.78 is 5.92. The van der Waals surface area contributed by atoms with E-state index in [9.17, 15) is 4.79 Å². The molecule has 0 saturated heterocycles. The lowest BCUT2D eigenvalue weighted by Gasteiger charge is -2.11. The molecule has 0 aliphatic heterocycles. The van der Waals surface area contributed by atoms with Gasteiger partial charge in [0.2, 0.25) is 5.91 Å². The number of carbonyl (C=O) groups excluding carboxylic acids is 1. The number of benzene rings is 3. The van der Waals surface area contributed by atoms with Gasteiger partial charge in [-0.3, -0.25) is 4.79 Å². The van der Waals surface area contributed by atoms with Crippen molar-refractivity contribution in [3.05, 3.63) is 89.5 Å². The van der Waals surface area contributed by atoms with E-state index >= 15 is 0 Å². The first-order valence-electron chi connectivity index (χ1n) is 8.97. The number of anilines is 2. The lowest BCUT2D eigenvalue weighted by Crippen LogP contribution is -2.05. The summed E-state index contributed by atoms with van der Waals surface area (Å²) in [5.74, 6) is 0.787. The van der Waals surface area contributed by atoms with E-state index in [2.05, 4.69) is 47.9 Å². The van der Waals surface area contributed by atoms with Crippen LogP contribution in [0.25, 0.3) is 0 Å². The second-order valence-corrected chi connectivity index (χ2v) is 6.54. The van der Waals surface area contributed by atoms with Crippen molar-refractivity contribution in [1.29, 1.82) is 0 Å². The molecule has 3 rings (SSSR count). The van der Waals surface area contributed by atoms with Gasteiger partial charge in [0.05, 0.1) is 0 Å². The lowest BCUT2D eigenvalue weighted by atomic mass is 10.1. The van der Waals surface area contributed by atoms with E-state index < -0.39 is 0 Å². The van der Waals surface area contributed by atoms with Gasteiger partial charge in [-0.05, 0) is 54.4 Å². The molecule has 3 aromatic rings. The summed E-state index contributed by atoms with van der Waals surface area (Å²) in [6.07, 6.45) is 0. The van der Waals surface area contributed by atoms with Crippen LogP contribution in [0.4, 0.5) is 11.4 Å². The molecule has 0 fully saturated rings. The van der Waals surface area contributed by atoms with Gasteiger partial charge in [0, 0.05) is 24.8 Å². The Hall–Kier alpha value is -3.27. The molecule has 4 nitrogen and oxygen atoms in total. The van der Waals surface area contributed by atoms with Crippen LogP contribution in [0.2, 0.25) is 0 Å². The fourth-order valence-corrected chi connectivity index (χ4v) is 2.79. The quantitative estimate of drug-likeness (QED) is 0.613. The number of ether oxygens (including phenoxy) is 1. The van der Waals surface area contributed by atoms with Crippen LogP contribution in [0.5, 0.6) is 5.75 Å². The average Bonchev–Trinajstić information content (AvgIpc) is 2.66. The van der Waals surface area contributed by atoms with E-state index in [-0.39, 0.29) is 5.91 Å². The van der Waals surface area contributed by atoms with E-state index in [1.165, 1.54) is 12.5 Å². The Morgan fingerprint density at radius 3 is 2.33 bits per heavy atom. The van der Waals surface area contributed by atoms with Crippen molar-refractivity contribution in [1.82, 2.24) is 0 Å². The van der Waals surface area contributed by atoms with E-state index in [0.29, 0.717) is 13.2 Å². The second kappa shape index (κ2) is 8.90. The molecular weight excluding hydrogens is 336 g/mol. The highest BCUT2D eigenvalue weighted by molar-refractivity contribution is 5.88. The number of nitrogens with one attached hydrogen (secondary N) is 2. The number of carbonyl (C=O) groups is 1. The van der Waals surface area contributed by atoms with Gasteiger partial charge in [-0.2, -0.15) is 0 Å². The molecule has 0 heterocycles. The maximum atomic E-state index is 11.1. The second-order valence-electron chi connectivity index (χ2n) is 6.54. The summed E-state index contributed by atoms with van der Waals surface area (Å²) in [7, 11) is 0. The lowest BCUT2D eigenvalue weighted by molar-refractivity contribution is -0.114. The summed E-state index contributed by atoms with van der Waals surface area (Å²) in [4.78, 5) is 11.1. The molecule has 2 N–H and O–H groups in total. The minimum Gasteiger partial charge on any atom is -0.489 e. The van der Waals surface area contributed by atoms with E-state index in [1.54, 1.807) is 0 Å². The third-order valence-corrected chi connectivity index (χ3v) is 4.09. The summed E-state index contributed by atoms with van der Waals surface area (Å²) in [6.45, 7) is 4.84. The molecule has 0 aliphatic rings. The van der Waals surface area contributed by atoms with Gasteiger partial charge in [0.25, 0.3) is 0 Å². The fourth-order valence-electron chi connectivity index (χ4n) is 2.79. The first-order chi connectivity index (χ1) is 13.1. The van der Waals surface area contributed by atoms with Crippen molar-refractivity contribution in [2.75, 3.05) is 10.6 Å². The van der Waals surface area contributed by atoms with Gasteiger partial charge in [-0.1, -0.05) is 42.0 Å². The SMILES string of the molecule is CC(=O)Nc1ccc(NCc2cccc(OCc3cccc(C)c3)c2)cc1. The van der Waals surface area contributed by atoms with Crippen molar-refractivity contribution in [2.45, 2.75) is 27.0 Å². The van der Waals surface area contributed by atoms with Crippen molar-refractivity contribution >= 4 is 17.3 Å². The topological polar surface area (TPSA) is 50.4 Å². The van der Waals surface area contributed by atoms with Crippen molar-refractivity contribution in [3.63, 3.8) is 0 Å². The Labute approximate surface area is 160 Å². The zero-order valence-corrected chi connectivity index (χ0v) is 15.7. The molecule has 0 bridgehead atoms. The highest BCUT2D eigenvalue weighted by Crippen LogP contribution is 2.18. The highest BCUT2D eigenvalue weighted by Gasteiger charge is 2.01. The van der Waals surface area contributed by atoms with Crippen LogP contribution in [0, 0.1) is 6.92 Å². The van der Waals surface area contributed by atoms with Crippen LogP contribution in [-0.2, 0) is 17.9 Å².